The minimum Gasteiger partial charge on any atom is -0.308 e. The van der Waals surface area contributed by atoms with Crippen LogP contribution in [0.5, 0.6) is 0 Å². The second-order valence-corrected chi connectivity index (χ2v) is 6.02. The molecule has 1 amide bonds. The Morgan fingerprint density at radius 1 is 1.26 bits per heavy atom. The van der Waals surface area contributed by atoms with Crippen molar-refractivity contribution in [2.45, 2.75) is 19.8 Å². The van der Waals surface area contributed by atoms with Crippen LogP contribution in [0.2, 0.25) is 5.02 Å². The summed E-state index contributed by atoms with van der Waals surface area (Å²) < 4.78 is 0. The third kappa shape index (κ3) is 2.92. The normalized spacial score (nSPS) is 13.6. The molecule has 1 heterocycles. The van der Waals surface area contributed by atoms with Gasteiger partial charge in [0, 0.05) is 24.4 Å². The maximum Gasteiger partial charge on any atom is 0.270 e. The summed E-state index contributed by atoms with van der Waals surface area (Å²) in [6.45, 7) is 2.59. The van der Waals surface area contributed by atoms with Gasteiger partial charge in [0.2, 0.25) is 0 Å². The SMILES string of the molecule is Cc1ccc2c(c1)CCCN2C(=O)c1cc([N+](=O)[O-])ccc1Cl. The van der Waals surface area contributed by atoms with E-state index in [9.17, 15) is 14.9 Å². The van der Waals surface area contributed by atoms with Crippen LogP contribution in [0.15, 0.2) is 36.4 Å². The van der Waals surface area contributed by atoms with Crippen molar-refractivity contribution in [1.82, 2.24) is 0 Å². The van der Waals surface area contributed by atoms with E-state index in [4.69, 9.17) is 11.6 Å². The fourth-order valence-corrected chi connectivity index (χ4v) is 3.07. The highest BCUT2D eigenvalue weighted by Crippen LogP contribution is 2.31. The molecule has 3 rings (SSSR count). The van der Waals surface area contributed by atoms with Gasteiger partial charge in [-0.2, -0.15) is 0 Å². The van der Waals surface area contributed by atoms with Gasteiger partial charge >= 0.3 is 0 Å². The number of rotatable bonds is 2. The van der Waals surface area contributed by atoms with Crippen molar-refractivity contribution in [3.05, 3.63) is 68.2 Å². The third-order valence-electron chi connectivity index (χ3n) is 3.99. The van der Waals surface area contributed by atoms with Crippen LogP contribution in [0.3, 0.4) is 0 Å². The van der Waals surface area contributed by atoms with E-state index in [1.165, 1.54) is 18.2 Å². The van der Waals surface area contributed by atoms with E-state index in [0.717, 1.165) is 29.7 Å². The predicted octanol–water partition coefficient (Wildman–Crippen LogP) is 4.15. The first-order chi connectivity index (χ1) is 11.0. The fourth-order valence-electron chi connectivity index (χ4n) is 2.87. The number of aryl methyl sites for hydroxylation is 2. The van der Waals surface area contributed by atoms with E-state index < -0.39 is 4.92 Å². The Hall–Kier alpha value is -2.40. The molecule has 6 heteroatoms. The van der Waals surface area contributed by atoms with Gasteiger partial charge in [-0.3, -0.25) is 14.9 Å². The number of non-ortho nitro benzene ring substituents is 1. The first kappa shape index (κ1) is 15.5. The van der Waals surface area contributed by atoms with E-state index in [0.29, 0.717) is 6.54 Å². The lowest BCUT2D eigenvalue weighted by molar-refractivity contribution is -0.384. The molecule has 1 aliphatic rings. The van der Waals surface area contributed by atoms with Crippen LogP contribution in [0.25, 0.3) is 0 Å². The smallest absolute Gasteiger partial charge is 0.270 e. The second kappa shape index (κ2) is 6.01. The molecule has 5 nitrogen and oxygen atoms in total. The zero-order valence-corrected chi connectivity index (χ0v) is 13.3. The van der Waals surface area contributed by atoms with Gasteiger partial charge in [-0.1, -0.05) is 29.3 Å². The first-order valence-corrected chi connectivity index (χ1v) is 7.70. The number of fused-ring (bicyclic) bond motifs is 1. The lowest BCUT2D eigenvalue weighted by Gasteiger charge is -2.30. The van der Waals surface area contributed by atoms with Gasteiger partial charge in [0.15, 0.2) is 0 Å². The first-order valence-electron chi connectivity index (χ1n) is 7.32. The van der Waals surface area contributed by atoms with Crippen LogP contribution in [0, 0.1) is 17.0 Å². The van der Waals surface area contributed by atoms with Crippen molar-refractivity contribution in [2.24, 2.45) is 0 Å². The Kier molecular flexibility index (Phi) is 4.05. The summed E-state index contributed by atoms with van der Waals surface area (Å²) in [4.78, 5) is 24.9. The molecular formula is C17H15ClN2O3. The van der Waals surface area contributed by atoms with E-state index in [1.54, 1.807) is 4.90 Å². The van der Waals surface area contributed by atoms with Gasteiger partial charge in [-0.05, 0) is 37.5 Å². The number of hydrogen-bond donors (Lipinski definition) is 0. The maximum absolute atomic E-state index is 12.9. The van der Waals surface area contributed by atoms with E-state index in [-0.39, 0.29) is 22.2 Å². The number of carbonyl (C=O) groups excluding carboxylic acids is 1. The zero-order valence-electron chi connectivity index (χ0n) is 12.6. The van der Waals surface area contributed by atoms with Crippen LogP contribution in [0.4, 0.5) is 11.4 Å². The highest BCUT2D eigenvalue weighted by molar-refractivity contribution is 6.34. The Bertz CT molecular complexity index is 804. The van der Waals surface area contributed by atoms with Gasteiger partial charge in [0.1, 0.15) is 0 Å². The highest BCUT2D eigenvalue weighted by atomic mass is 35.5. The number of nitro benzene ring substituents is 1. The number of nitrogens with zero attached hydrogens (tertiary/aromatic N) is 2. The largest absolute Gasteiger partial charge is 0.308 e. The van der Waals surface area contributed by atoms with Crippen molar-refractivity contribution in [1.29, 1.82) is 0 Å². The molecule has 0 N–H and O–H groups in total. The quantitative estimate of drug-likeness (QED) is 0.613. The number of carbonyl (C=O) groups is 1. The molecule has 0 aliphatic carbocycles. The van der Waals surface area contributed by atoms with Crippen molar-refractivity contribution in [3.8, 4) is 0 Å². The molecule has 1 aliphatic heterocycles. The van der Waals surface area contributed by atoms with Crippen molar-refractivity contribution < 1.29 is 9.72 Å². The number of halogens is 1. The summed E-state index contributed by atoms with van der Waals surface area (Å²) >= 11 is 6.10. The molecule has 0 saturated carbocycles. The standard InChI is InChI=1S/C17H15ClN2O3/c1-11-4-7-16-12(9-11)3-2-8-19(16)17(21)14-10-13(20(22)23)5-6-15(14)18/h4-7,9-10H,2-3,8H2,1H3. The minimum absolute atomic E-state index is 0.140. The lowest BCUT2D eigenvalue weighted by Crippen LogP contribution is -2.35. The average molecular weight is 331 g/mol. The Morgan fingerprint density at radius 2 is 2.04 bits per heavy atom. The van der Waals surface area contributed by atoms with Gasteiger partial charge in [-0.25, -0.2) is 0 Å². The zero-order chi connectivity index (χ0) is 16.6. The summed E-state index contributed by atoms with van der Waals surface area (Å²) in [6.07, 6.45) is 1.78. The summed E-state index contributed by atoms with van der Waals surface area (Å²) in [5.74, 6) is -0.302. The fraction of sp³-hybridized carbons (Fsp3) is 0.235. The topological polar surface area (TPSA) is 63.5 Å². The Balaban J connectivity index is 2.02. The molecule has 0 saturated heterocycles. The molecule has 0 radical (unpaired) electrons. The molecule has 2 aromatic carbocycles. The highest BCUT2D eigenvalue weighted by Gasteiger charge is 2.26. The lowest BCUT2D eigenvalue weighted by atomic mass is 9.98. The number of amides is 1. The summed E-state index contributed by atoms with van der Waals surface area (Å²) in [5.41, 5.74) is 3.14. The molecule has 0 atom stereocenters. The molecular weight excluding hydrogens is 316 g/mol. The Labute approximate surface area is 138 Å². The van der Waals surface area contributed by atoms with Crippen molar-refractivity contribution in [3.63, 3.8) is 0 Å². The molecule has 23 heavy (non-hydrogen) atoms. The van der Waals surface area contributed by atoms with Crippen molar-refractivity contribution >= 4 is 28.9 Å². The Morgan fingerprint density at radius 3 is 2.78 bits per heavy atom. The molecule has 0 fully saturated rings. The number of benzene rings is 2. The van der Waals surface area contributed by atoms with Crippen molar-refractivity contribution in [2.75, 3.05) is 11.4 Å². The van der Waals surface area contributed by atoms with E-state index in [1.807, 2.05) is 19.1 Å². The summed E-state index contributed by atoms with van der Waals surface area (Å²) in [5, 5.41) is 11.2. The number of nitro groups is 1. The molecule has 0 aromatic heterocycles. The van der Waals surface area contributed by atoms with Gasteiger partial charge in [0.25, 0.3) is 11.6 Å². The van der Waals surface area contributed by atoms with E-state index >= 15 is 0 Å². The van der Waals surface area contributed by atoms with Gasteiger partial charge in [-0.15, -0.1) is 0 Å². The van der Waals surface area contributed by atoms with Crippen LogP contribution in [0.1, 0.15) is 27.9 Å². The maximum atomic E-state index is 12.9. The van der Waals surface area contributed by atoms with Crippen LogP contribution in [-0.4, -0.2) is 17.4 Å². The monoisotopic (exact) mass is 330 g/mol. The molecule has 0 unspecified atom stereocenters. The predicted molar refractivity (Wildman–Crippen MR) is 89.3 cm³/mol. The van der Waals surface area contributed by atoms with Crippen LogP contribution >= 0.6 is 11.6 Å². The summed E-state index contributed by atoms with van der Waals surface area (Å²) in [7, 11) is 0. The molecule has 0 bridgehead atoms. The number of anilines is 1. The van der Waals surface area contributed by atoms with Gasteiger partial charge in [0.05, 0.1) is 15.5 Å². The summed E-state index contributed by atoms with van der Waals surface area (Å²) in [6, 6.07) is 9.89. The minimum atomic E-state index is -0.527. The molecule has 118 valence electrons. The third-order valence-corrected chi connectivity index (χ3v) is 4.32. The number of hydrogen-bond acceptors (Lipinski definition) is 3. The van der Waals surface area contributed by atoms with Gasteiger partial charge < -0.3 is 4.90 Å². The second-order valence-electron chi connectivity index (χ2n) is 5.61. The molecule has 2 aromatic rings. The van der Waals surface area contributed by atoms with E-state index in [2.05, 4.69) is 6.07 Å². The molecule has 0 spiro atoms. The average Bonchev–Trinajstić information content (AvgIpc) is 2.53. The van der Waals surface area contributed by atoms with Crippen LogP contribution in [-0.2, 0) is 6.42 Å². The van der Waals surface area contributed by atoms with Crippen LogP contribution < -0.4 is 4.90 Å².